The summed E-state index contributed by atoms with van der Waals surface area (Å²) >= 11 is 6.01. The number of fused-ring (bicyclic) bond motifs is 1. The van der Waals surface area contributed by atoms with E-state index < -0.39 is 20.0 Å². The molecule has 0 bridgehead atoms. The molecule has 1 aromatic heterocycles. The second-order valence-electron chi connectivity index (χ2n) is 6.32. The number of nitrogens with one attached hydrogen (secondary N) is 2. The van der Waals surface area contributed by atoms with Crippen molar-refractivity contribution in [3.05, 3.63) is 83.9 Å². The lowest BCUT2D eigenvalue weighted by atomic mass is 10.3. The molecule has 4 rings (SSSR count). The highest BCUT2D eigenvalue weighted by atomic mass is 35.5. The number of benzene rings is 3. The van der Waals surface area contributed by atoms with Crippen LogP contribution in [0.1, 0.15) is 0 Å². The van der Waals surface area contributed by atoms with E-state index in [-0.39, 0.29) is 26.4 Å². The zero-order valence-corrected chi connectivity index (χ0v) is 17.6. The molecule has 2 N–H and O–H groups in total. The van der Waals surface area contributed by atoms with Gasteiger partial charge in [0.25, 0.3) is 20.0 Å². The summed E-state index contributed by atoms with van der Waals surface area (Å²) in [6, 6.07) is 20.1. The highest BCUT2D eigenvalue weighted by Crippen LogP contribution is 2.31. The van der Waals surface area contributed by atoms with Gasteiger partial charge in [0.1, 0.15) is 5.58 Å². The second-order valence-corrected chi connectivity index (χ2v) is 10.0. The van der Waals surface area contributed by atoms with Gasteiger partial charge in [0.15, 0.2) is 0 Å². The second kappa shape index (κ2) is 7.67. The Morgan fingerprint density at radius 1 is 0.700 bits per heavy atom. The third-order valence-corrected chi connectivity index (χ3v) is 7.03. The quantitative estimate of drug-likeness (QED) is 0.432. The Balaban J connectivity index is 1.70. The summed E-state index contributed by atoms with van der Waals surface area (Å²) in [4.78, 5) is 0.0334. The van der Waals surface area contributed by atoms with Crippen LogP contribution in [0.2, 0.25) is 5.02 Å². The van der Waals surface area contributed by atoms with E-state index in [1.165, 1.54) is 36.4 Å². The van der Waals surface area contributed by atoms with Crippen LogP contribution in [0.25, 0.3) is 11.0 Å². The first-order chi connectivity index (χ1) is 14.2. The van der Waals surface area contributed by atoms with Gasteiger partial charge in [-0.05, 0) is 36.4 Å². The fourth-order valence-corrected chi connectivity index (χ4v) is 5.09. The molecule has 0 saturated carbocycles. The van der Waals surface area contributed by atoms with Gasteiger partial charge in [-0.25, -0.2) is 8.42 Å². The van der Waals surface area contributed by atoms with Crippen molar-refractivity contribution in [3.63, 3.8) is 0 Å². The number of furan rings is 1. The van der Waals surface area contributed by atoms with Crippen molar-refractivity contribution in [1.82, 2.24) is 0 Å². The van der Waals surface area contributed by atoms with Crippen LogP contribution in [0.5, 0.6) is 0 Å². The molecule has 0 spiro atoms. The van der Waals surface area contributed by atoms with E-state index in [2.05, 4.69) is 9.44 Å². The average Bonchev–Trinajstić information content (AvgIpc) is 3.16. The largest absolute Gasteiger partial charge is 0.443 e. The van der Waals surface area contributed by atoms with Crippen LogP contribution in [0.15, 0.2) is 93.3 Å². The lowest BCUT2D eigenvalue weighted by Gasteiger charge is -2.14. The maximum absolute atomic E-state index is 12.8. The fourth-order valence-electron chi connectivity index (χ4n) is 2.78. The van der Waals surface area contributed by atoms with Crippen molar-refractivity contribution in [2.24, 2.45) is 0 Å². The molecule has 0 atom stereocenters. The Labute approximate surface area is 178 Å². The summed E-state index contributed by atoms with van der Waals surface area (Å²) in [5.41, 5.74) is 0.388. The van der Waals surface area contributed by atoms with Crippen LogP contribution in [0.4, 0.5) is 11.4 Å². The van der Waals surface area contributed by atoms with Gasteiger partial charge in [-0.15, -0.1) is 0 Å². The normalized spacial score (nSPS) is 12.0. The van der Waals surface area contributed by atoms with Crippen molar-refractivity contribution in [2.45, 2.75) is 9.99 Å². The zero-order valence-electron chi connectivity index (χ0n) is 15.2. The fraction of sp³-hybridized carbons (Fsp3) is 0. The van der Waals surface area contributed by atoms with Crippen LogP contribution in [0, 0.1) is 0 Å². The molecule has 0 radical (unpaired) electrons. The number of para-hydroxylation sites is 1. The summed E-state index contributed by atoms with van der Waals surface area (Å²) in [5, 5.41) is 0.537. The van der Waals surface area contributed by atoms with Crippen LogP contribution in [-0.4, -0.2) is 16.8 Å². The highest BCUT2D eigenvalue weighted by molar-refractivity contribution is 7.93. The first-order valence-electron chi connectivity index (χ1n) is 8.63. The lowest BCUT2D eigenvalue weighted by molar-refractivity contribution is 0.484. The van der Waals surface area contributed by atoms with Crippen molar-refractivity contribution >= 4 is 54.0 Å². The van der Waals surface area contributed by atoms with E-state index >= 15 is 0 Å². The summed E-state index contributed by atoms with van der Waals surface area (Å²) in [7, 11) is -8.09. The average molecular weight is 463 g/mol. The number of sulfonamides is 2. The van der Waals surface area contributed by atoms with Gasteiger partial charge in [-0.2, -0.15) is 8.42 Å². The molecule has 1 heterocycles. The highest BCUT2D eigenvalue weighted by Gasteiger charge is 2.23. The molecule has 0 saturated heterocycles. The molecule has 0 amide bonds. The smallest absolute Gasteiger partial charge is 0.295 e. The molecule has 0 unspecified atom stereocenters. The number of anilines is 2. The summed E-state index contributed by atoms with van der Waals surface area (Å²) in [6.07, 6.45) is 0. The Hall–Kier alpha value is -3.01. The van der Waals surface area contributed by atoms with Gasteiger partial charge in [0, 0.05) is 16.5 Å². The monoisotopic (exact) mass is 462 g/mol. The van der Waals surface area contributed by atoms with Crippen molar-refractivity contribution < 1.29 is 21.3 Å². The minimum atomic E-state index is -4.14. The predicted octanol–water partition coefficient (Wildman–Crippen LogP) is 4.69. The van der Waals surface area contributed by atoms with Crippen LogP contribution < -0.4 is 9.44 Å². The molecule has 0 aliphatic carbocycles. The Bertz CT molecular complexity index is 1400. The SMILES string of the molecule is O=S(=O)(Nc1ccc(Cl)cc1NS(=O)(=O)c1cc2ccccc2o1)c1ccccc1. The summed E-state index contributed by atoms with van der Waals surface area (Å²) in [5.74, 6) is 0. The third kappa shape index (κ3) is 4.13. The molecule has 4 aromatic rings. The van der Waals surface area contributed by atoms with Crippen molar-refractivity contribution in [1.29, 1.82) is 0 Å². The molecule has 154 valence electrons. The van der Waals surface area contributed by atoms with E-state index in [0.717, 1.165) is 0 Å². The summed E-state index contributed by atoms with van der Waals surface area (Å²) < 4.78 is 61.2. The van der Waals surface area contributed by atoms with Gasteiger partial charge in [0.05, 0.1) is 16.3 Å². The van der Waals surface area contributed by atoms with Gasteiger partial charge < -0.3 is 4.42 Å². The molecule has 0 fully saturated rings. The third-order valence-electron chi connectivity index (χ3n) is 4.19. The van der Waals surface area contributed by atoms with E-state index in [4.69, 9.17) is 16.0 Å². The van der Waals surface area contributed by atoms with Crippen molar-refractivity contribution in [3.8, 4) is 0 Å². The van der Waals surface area contributed by atoms with E-state index in [1.807, 2.05) is 0 Å². The van der Waals surface area contributed by atoms with Gasteiger partial charge in [-0.3, -0.25) is 9.44 Å². The summed E-state index contributed by atoms with van der Waals surface area (Å²) in [6.45, 7) is 0. The topological polar surface area (TPSA) is 105 Å². The van der Waals surface area contributed by atoms with Crippen molar-refractivity contribution in [2.75, 3.05) is 9.44 Å². The maximum Gasteiger partial charge on any atom is 0.295 e. The first kappa shape index (κ1) is 20.3. The first-order valence-corrected chi connectivity index (χ1v) is 12.0. The van der Waals surface area contributed by atoms with E-state index in [1.54, 1.807) is 42.5 Å². The number of hydrogen-bond donors (Lipinski definition) is 2. The van der Waals surface area contributed by atoms with E-state index in [0.29, 0.717) is 11.0 Å². The van der Waals surface area contributed by atoms with Crippen LogP contribution in [-0.2, 0) is 20.0 Å². The Kier molecular flexibility index (Phi) is 5.19. The number of rotatable bonds is 6. The van der Waals surface area contributed by atoms with Gasteiger partial charge >= 0.3 is 0 Å². The van der Waals surface area contributed by atoms with Crippen LogP contribution in [0.3, 0.4) is 0 Å². The predicted molar refractivity (Wildman–Crippen MR) is 116 cm³/mol. The number of hydrogen-bond acceptors (Lipinski definition) is 5. The molecule has 3 aromatic carbocycles. The Morgan fingerprint density at radius 3 is 2.10 bits per heavy atom. The zero-order chi connectivity index (χ0) is 21.4. The molecule has 30 heavy (non-hydrogen) atoms. The molecule has 0 aliphatic rings. The standard InChI is InChI=1S/C20H15ClN2O5S2/c21-15-10-11-17(22-29(24,25)16-7-2-1-3-8-16)18(13-15)23-30(26,27)20-12-14-6-4-5-9-19(14)28-20/h1-13,22-23H. The minimum Gasteiger partial charge on any atom is -0.443 e. The molecule has 10 heteroatoms. The minimum absolute atomic E-state index is 0.0166. The number of halogens is 1. The molecule has 0 aliphatic heterocycles. The molecular weight excluding hydrogens is 448 g/mol. The van der Waals surface area contributed by atoms with Gasteiger partial charge in [-0.1, -0.05) is 48.0 Å². The lowest BCUT2D eigenvalue weighted by Crippen LogP contribution is -2.17. The molecular formula is C20H15ClN2O5S2. The molecule has 7 nitrogen and oxygen atoms in total. The van der Waals surface area contributed by atoms with E-state index in [9.17, 15) is 16.8 Å². The maximum atomic E-state index is 12.8. The van der Waals surface area contributed by atoms with Gasteiger partial charge in [0.2, 0.25) is 5.09 Å². The van der Waals surface area contributed by atoms with Crippen LogP contribution >= 0.6 is 11.6 Å². The Morgan fingerprint density at radius 2 is 1.37 bits per heavy atom.